The van der Waals surface area contributed by atoms with Gasteiger partial charge in [0.15, 0.2) is 0 Å². The maximum Gasteiger partial charge on any atom is 0.135 e. The lowest BCUT2D eigenvalue weighted by Crippen LogP contribution is -2.33. The standard InChI is InChI=1S/C14H25N5/c1-10(2)14-17-12(15)8-13(18-14)16-9-11-4-6-19(3)7-5-11/h8,10-11H,4-7,9H2,1-3H3,(H3,15,16,17,18). The highest BCUT2D eigenvalue weighted by atomic mass is 15.1. The first-order chi connectivity index (χ1) is 9.04. The molecule has 2 heterocycles. The van der Waals surface area contributed by atoms with Gasteiger partial charge in [-0.05, 0) is 38.9 Å². The monoisotopic (exact) mass is 263 g/mol. The van der Waals surface area contributed by atoms with Crippen molar-refractivity contribution < 1.29 is 0 Å². The minimum absolute atomic E-state index is 0.299. The number of nitrogen functional groups attached to an aromatic ring is 1. The van der Waals surface area contributed by atoms with Gasteiger partial charge >= 0.3 is 0 Å². The van der Waals surface area contributed by atoms with Crippen molar-refractivity contribution in [2.75, 3.05) is 37.7 Å². The Hall–Kier alpha value is -1.36. The molecule has 0 radical (unpaired) electrons. The first-order valence-electron chi connectivity index (χ1n) is 7.11. The average Bonchev–Trinajstić information content (AvgIpc) is 2.37. The molecule has 0 unspecified atom stereocenters. The van der Waals surface area contributed by atoms with Crippen LogP contribution in [-0.4, -0.2) is 41.5 Å². The van der Waals surface area contributed by atoms with E-state index in [-0.39, 0.29) is 0 Å². The highest BCUT2D eigenvalue weighted by Crippen LogP contribution is 2.18. The van der Waals surface area contributed by atoms with E-state index < -0.39 is 0 Å². The maximum absolute atomic E-state index is 5.83. The van der Waals surface area contributed by atoms with Gasteiger partial charge in [0.05, 0.1) is 0 Å². The van der Waals surface area contributed by atoms with Gasteiger partial charge in [-0.15, -0.1) is 0 Å². The summed E-state index contributed by atoms with van der Waals surface area (Å²) in [6.45, 7) is 7.51. The zero-order valence-corrected chi connectivity index (χ0v) is 12.2. The van der Waals surface area contributed by atoms with E-state index in [1.54, 1.807) is 0 Å². The van der Waals surface area contributed by atoms with Crippen LogP contribution in [-0.2, 0) is 0 Å². The Morgan fingerprint density at radius 3 is 2.68 bits per heavy atom. The van der Waals surface area contributed by atoms with Crippen molar-refractivity contribution >= 4 is 11.6 Å². The third-order valence-corrected chi connectivity index (χ3v) is 3.69. The molecule has 0 saturated carbocycles. The van der Waals surface area contributed by atoms with Crippen LogP contribution >= 0.6 is 0 Å². The number of likely N-dealkylation sites (tertiary alicyclic amines) is 1. The van der Waals surface area contributed by atoms with Crippen LogP contribution in [0.4, 0.5) is 11.6 Å². The summed E-state index contributed by atoms with van der Waals surface area (Å²) in [7, 11) is 2.18. The Morgan fingerprint density at radius 1 is 1.37 bits per heavy atom. The Morgan fingerprint density at radius 2 is 2.05 bits per heavy atom. The van der Waals surface area contributed by atoms with Gasteiger partial charge in [-0.25, -0.2) is 9.97 Å². The molecular formula is C14H25N5. The van der Waals surface area contributed by atoms with Crippen molar-refractivity contribution in [1.29, 1.82) is 0 Å². The SMILES string of the molecule is CC(C)c1nc(N)cc(NCC2CCN(C)CC2)n1. The highest BCUT2D eigenvalue weighted by Gasteiger charge is 2.16. The van der Waals surface area contributed by atoms with E-state index in [0.717, 1.165) is 24.1 Å². The summed E-state index contributed by atoms with van der Waals surface area (Å²) < 4.78 is 0. The lowest BCUT2D eigenvalue weighted by molar-refractivity contribution is 0.226. The van der Waals surface area contributed by atoms with Crippen LogP contribution in [0.15, 0.2) is 6.07 Å². The summed E-state index contributed by atoms with van der Waals surface area (Å²) in [5.41, 5.74) is 5.83. The van der Waals surface area contributed by atoms with Gasteiger partial charge in [-0.1, -0.05) is 13.8 Å². The maximum atomic E-state index is 5.83. The second kappa shape index (κ2) is 6.19. The summed E-state index contributed by atoms with van der Waals surface area (Å²) in [6, 6.07) is 1.82. The van der Waals surface area contributed by atoms with E-state index in [0.29, 0.717) is 11.7 Å². The molecule has 1 aliphatic heterocycles. The molecule has 0 aromatic carbocycles. The molecule has 106 valence electrons. The number of rotatable bonds is 4. The van der Waals surface area contributed by atoms with Gasteiger partial charge in [0.25, 0.3) is 0 Å². The number of hydrogen-bond donors (Lipinski definition) is 2. The molecule has 3 N–H and O–H groups in total. The normalized spacial score (nSPS) is 17.9. The molecule has 1 fully saturated rings. The van der Waals surface area contributed by atoms with Crippen molar-refractivity contribution in [3.05, 3.63) is 11.9 Å². The zero-order chi connectivity index (χ0) is 13.8. The van der Waals surface area contributed by atoms with E-state index >= 15 is 0 Å². The number of nitrogens with two attached hydrogens (primary N) is 1. The van der Waals surface area contributed by atoms with Crippen LogP contribution in [0.2, 0.25) is 0 Å². The zero-order valence-electron chi connectivity index (χ0n) is 12.2. The van der Waals surface area contributed by atoms with E-state index in [4.69, 9.17) is 5.73 Å². The van der Waals surface area contributed by atoms with E-state index in [2.05, 4.69) is 41.1 Å². The first kappa shape index (κ1) is 14.1. The number of aromatic nitrogens is 2. The summed E-state index contributed by atoms with van der Waals surface area (Å²) >= 11 is 0. The number of piperidine rings is 1. The molecule has 0 amide bonds. The van der Waals surface area contributed by atoms with E-state index in [1.165, 1.54) is 25.9 Å². The lowest BCUT2D eigenvalue weighted by Gasteiger charge is -2.29. The minimum Gasteiger partial charge on any atom is -0.384 e. The predicted molar refractivity (Wildman–Crippen MR) is 79.2 cm³/mol. The van der Waals surface area contributed by atoms with Crippen molar-refractivity contribution in [3.63, 3.8) is 0 Å². The van der Waals surface area contributed by atoms with Crippen molar-refractivity contribution in [1.82, 2.24) is 14.9 Å². The van der Waals surface area contributed by atoms with Crippen molar-refractivity contribution in [3.8, 4) is 0 Å². The van der Waals surface area contributed by atoms with Gasteiger partial charge in [-0.3, -0.25) is 0 Å². The Bertz CT molecular complexity index is 410. The largest absolute Gasteiger partial charge is 0.384 e. The van der Waals surface area contributed by atoms with Crippen LogP contribution in [0, 0.1) is 5.92 Å². The number of nitrogens with zero attached hydrogens (tertiary/aromatic N) is 3. The van der Waals surface area contributed by atoms with Crippen LogP contribution in [0.3, 0.4) is 0 Å². The molecule has 1 saturated heterocycles. The molecule has 5 heteroatoms. The number of hydrogen-bond acceptors (Lipinski definition) is 5. The first-order valence-corrected chi connectivity index (χ1v) is 7.11. The Kier molecular flexibility index (Phi) is 4.58. The number of nitrogens with one attached hydrogen (secondary N) is 1. The molecule has 0 aliphatic carbocycles. The Labute approximate surface area is 115 Å². The molecule has 1 aromatic rings. The van der Waals surface area contributed by atoms with Crippen LogP contribution in [0.25, 0.3) is 0 Å². The van der Waals surface area contributed by atoms with E-state index in [9.17, 15) is 0 Å². The van der Waals surface area contributed by atoms with Gasteiger partial charge in [0.2, 0.25) is 0 Å². The second-order valence-electron chi connectivity index (χ2n) is 5.82. The van der Waals surface area contributed by atoms with Crippen molar-refractivity contribution in [2.24, 2.45) is 5.92 Å². The molecule has 0 bridgehead atoms. The quantitative estimate of drug-likeness (QED) is 0.869. The van der Waals surface area contributed by atoms with Crippen LogP contribution in [0.1, 0.15) is 38.4 Å². The summed E-state index contributed by atoms with van der Waals surface area (Å²) in [4.78, 5) is 11.2. The van der Waals surface area contributed by atoms with E-state index in [1.807, 2.05) is 6.07 Å². The molecular weight excluding hydrogens is 238 g/mol. The summed E-state index contributed by atoms with van der Waals surface area (Å²) in [5.74, 6) is 3.24. The van der Waals surface area contributed by atoms with Gasteiger partial charge in [-0.2, -0.15) is 0 Å². The van der Waals surface area contributed by atoms with Gasteiger partial charge < -0.3 is 16.0 Å². The molecule has 19 heavy (non-hydrogen) atoms. The summed E-state index contributed by atoms with van der Waals surface area (Å²) in [5, 5.41) is 3.42. The summed E-state index contributed by atoms with van der Waals surface area (Å²) in [6.07, 6.45) is 2.50. The molecule has 1 aromatic heterocycles. The molecule has 2 rings (SSSR count). The Balaban J connectivity index is 1.92. The highest BCUT2D eigenvalue weighted by molar-refractivity contribution is 5.44. The lowest BCUT2D eigenvalue weighted by atomic mass is 9.97. The fraction of sp³-hybridized carbons (Fsp3) is 0.714. The average molecular weight is 263 g/mol. The third-order valence-electron chi connectivity index (χ3n) is 3.69. The number of anilines is 2. The van der Waals surface area contributed by atoms with Crippen LogP contribution < -0.4 is 11.1 Å². The fourth-order valence-electron chi connectivity index (χ4n) is 2.35. The topological polar surface area (TPSA) is 67.1 Å². The molecule has 1 aliphatic rings. The molecule has 5 nitrogen and oxygen atoms in total. The van der Waals surface area contributed by atoms with Gasteiger partial charge in [0.1, 0.15) is 17.5 Å². The smallest absolute Gasteiger partial charge is 0.135 e. The van der Waals surface area contributed by atoms with Crippen LogP contribution in [0.5, 0.6) is 0 Å². The van der Waals surface area contributed by atoms with Gasteiger partial charge in [0, 0.05) is 18.5 Å². The second-order valence-corrected chi connectivity index (χ2v) is 5.82. The minimum atomic E-state index is 0.299. The molecule has 0 spiro atoms. The molecule has 0 atom stereocenters. The third kappa shape index (κ3) is 4.06. The van der Waals surface area contributed by atoms with Crippen molar-refractivity contribution in [2.45, 2.75) is 32.6 Å². The predicted octanol–water partition coefficient (Wildman–Crippen LogP) is 1.94. The fourth-order valence-corrected chi connectivity index (χ4v) is 2.35.